The van der Waals surface area contributed by atoms with E-state index in [0.29, 0.717) is 19.1 Å². The van der Waals surface area contributed by atoms with Crippen molar-refractivity contribution >= 4 is 5.71 Å². The van der Waals surface area contributed by atoms with Gasteiger partial charge in [0.1, 0.15) is 5.71 Å². The largest absolute Gasteiger partial charge is 0.389 e. The molecule has 5 nitrogen and oxygen atoms in total. The van der Waals surface area contributed by atoms with Gasteiger partial charge in [0.25, 0.3) is 0 Å². The van der Waals surface area contributed by atoms with Crippen molar-refractivity contribution in [2.45, 2.75) is 32.9 Å². The summed E-state index contributed by atoms with van der Waals surface area (Å²) in [5.74, 6) is 7.13. The number of hydrogen-bond donors (Lipinski definition) is 0. The first-order valence-electron chi connectivity index (χ1n) is 9.45. The molecular weight excluding hydrogens is 348 g/mol. The van der Waals surface area contributed by atoms with Crippen LogP contribution in [0.25, 0.3) is 0 Å². The zero-order chi connectivity index (χ0) is 19.2. The van der Waals surface area contributed by atoms with Gasteiger partial charge in [0.2, 0.25) is 0 Å². The molecule has 1 aliphatic carbocycles. The lowest BCUT2D eigenvalue weighted by atomic mass is 10.1. The van der Waals surface area contributed by atoms with Crippen LogP contribution in [-0.4, -0.2) is 20.2 Å². The molecule has 0 atom stereocenters. The zero-order valence-corrected chi connectivity index (χ0v) is 15.9. The summed E-state index contributed by atoms with van der Waals surface area (Å²) in [6.45, 7) is 2.87. The summed E-state index contributed by atoms with van der Waals surface area (Å²) < 4.78 is 1.97. The lowest BCUT2D eigenvalue weighted by Gasteiger charge is -2.08. The van der Waals surface area contributed by atoms with Gasteiger partial charge in [0.05, 0.1) is 18.6 Å². The minimum Gasteiger partial charge on any atom is -0.389 e. The Morgan fingerprint density at radius 3 is 2.79 bits per heavy atom. The minimum atomic E-state index is 0.333. The normalized spacial score (nSPS) is 13.7. The quantitative estimate of drug-likeness (QED) is 0.375. The van der Waals surface area contributed by atoms with Crippen molar-refractivity contribution in [3.63, 3.8) is 0 Å². The number of aromatic nitrogens is 3. The Morgan fingerprint density at radius 2 is 2.07 bits per heavy atom. The van der Waals surface area contributed by atoms with E-state index in [4.69, 9.17) is 4.84 Å². The van der Waals surface area contributed by atoms with E-state index in [1.807, 2.05) is 60.2 Å². The summed E-state index contributed by atoms with van der Waals surface area (Å²) in [4.78, 5) is 14.2. The zero-order valence-electron chi connectivity index (χ0n) is 15.9. The predicted octanol–water partition coefficient (Wildman–Crippen LogP) is 3.97. The van der Waals surface area contributed by atoms with Crippen LogP contribution in [0.4, 0.5) is 0 Å². The van der Waals surface area contributed by atoms with E-state index in [2.05, 4.69) is 27.0 Å². The van der Waals surface area contributed by atoms with Gasteiger partial charge in [-0.05, 0) is 44.0 Å². The molecule has 1 aromatic carbocycles. The predicted molar refractivity (Wildman–Crippen MR) is 109 cm³/mol. The van der Waals surface area contributed by atoms with Crippen molar-refractivity contribution < 1.29 is 4.84 Å². The van der Waals surface area contributed by atoms with Crippen LogP contribution in [0, 0.1) is 24.7 Å². The van der Waals surface area contributed by atoms with Crippen molar-refractivity contribution in [3.05, 3.63) is 83.7 Å². The Bertz CT molecular complexity index is 1010. The van der Waals surface area contributed by atoms with Crippen LogP contribution in [-0.2, 0) is 18.0 Å². The second kappa shape index (κ2) is 8.53. The molecule has 0 radical (unpaired) electrons. The molecule has 1 aliphatic rings. The first-order chi connectivity index (χ1) is 13.8. The Hall–Kier alpha value is -3.39. The Morgan fingerprint density at radius 1 is 1.21 bits per heavy atom. The molecule has 2 aromatic heterocycles. The average molecular weight is 370 g/mol. The van der Waals surface area contributed by atoms with Gasteiger partial charge in [-0.25, -0.2) is 4.98 Å². The number of pyridine rings is 1. The number of nitrogens with zero attached hydrogens (tertiary/aromatic N) is 4. The molecule has 28 heavy (non-hydrogen) atoms. The molecule has 0 spiro atoms. The Kier molecular flexibility index (Phi) is 5.48. The van der Waals surface area contributed by atoms with E-state index in [9.17, 15) is 0 Å². The van der Waals surface area contributed by atoms with E-state index in [1.165, 1.54) is 12.8 Å². The van der Waals surface area contributed by atoms with Crippen molar-refractivity contribution in [1.82, 2.24) is 14.5 Å². The first kappa shape index (κ1) is 18.0. The van der Waals surface area contributed by atoms with Crippen molar-refractivity contribution in [2.75, 3.05) is 0 Å². The highest BCUT2D eigenvalue weighted by molar-refractivity contribution is 6.00. The average Bonchev–Trinajstić information content (AvgIpc) is 3.40. The smallest absolute Gasteiger partial charge is 0.159 e. The lowest BCUT2D eigenvalue weighted by Crippen LogP contribution is -2.11. The first-order valence-corrected chi connectivity index (χ1v) is 9.45. The van der Waals surface area contributed by atoms with Gasteiger partial charge in [-0.1, -0.05) is 35.2 Å². The van der Waals surface area contributed by atoms with E-state index in [1.54, 1.807) is 12.5 Å². The second-order valence-corrected chi connectivity index (χ2v) is 6.94. The standard InChI is InChI=1S/C23H22N4O/c1-18-3-2-4-22(25-18)16-28-26-23(15-27-14-13-24-17-27)21-11-9-20(10-12-21)8-7-19-5-6-19/h2-4,9-14,17,19H,5-6,15-16H2,1H3/b26-23+. The van der Waals surface area contributed by atoms with Crippen molar-refractivity contribution in [3.8, 4) is 11.8 Å². The van der Waals surface area contributed by atoms with Crippen molar-refractivity contribution in [1.29, 1.82) is 0 Å². The molecule has 4 rings (SSSR count). The molecule has 0 unspecified atom stereocenters. The van der Waals surface area contributed by atoms with E-state index in [0.717, 1.165) is 28.2 Å². The molecule has 0 aliphatic heterocycles. The number of aryl methyl sites for hydroxylation is 1. The summed E-state index contributed by atoms with van der Waals surface area (Å²) >= 11 is 0. The highest BCUT2D eigenvalue weighted by Crippen LogP contribution is 2.27. The molecule has 1 saturated carbocycles. The van der Waals surface area contributed by atoms with Gasteiger partial charge in [0.15, 0.2) is 6.61 Å². The lowest BCUT2D eigenvalue weighted by molar-refractivity contribution is 0.127. The fourth-order valence-electron chi connectivity index (χ4n) is 2.74. The van der Waals surface area contributed by atoms with Gasteiger partial charge in [0, 0.05) is 35.1 Å². The Balaban J connectivity index is 1.50. The molecule has 1 fully saturated rings. The molecule has 0 N–H and O–H groups in total. The van der Waals surface area contributed by atoms with Crippen LogP contribution < -0.4 is 0 Å². The monoisotopic (exact) mass is 370 g/mol. The fraction of sp³-hybridized carbons (Fsp3) is 0.261. The van der Waals surface area contributed by atoms with Crippen LogP contribution in [0.3, 0.4) is 0 Å². The van der Waals surface area contributed by atoms with Gasteiger partial charge >= 0.3 is 0 Å². The molecule has 0 bridgehead atoms. The number of hydrogen-bond acceptors (Lipinski definition) is 4. The van der Waals surface area contributed by atoms with Gasteiger partial charge in [-0.15, -0.1) is 0 Å². The SMILES string of the molecule is Cc1cccc(CO/N=C(\Cn2ccnc2)c2ccc(C#CC3CC3)cc2)n1. The molecule has 0 amide bonds. The maximum atomic E-state index is 5.62. The van der Waals surface area contributed by atoms with E-state index in [-0.39, 0.29) is 0 Å². The second-order valence-electron chi connectivity index (χ2n) is 6.94. The van der Waals surface area contributed by atoms with Crippen LogP contribution in [0.1, 0.15) is 35.4 Å². The number of benzene rings is 1. The highest BCUT2D eigenvalue weighted by Gasteiger charge is 2.17. The van der Waals surface area contributed by atoms with E-state index < -0.39 is 0 Å². The van der Waals surface area contributed by atoms with Crippen LogP contribution in [0.2, 0.25) is 0 Å². The summed E-state index contributed by atoms with van der Waals surface area (Å²) in [5.41, 5.74) is 4.68. The molecule has 140 valence electrons. The molecule has 2 heterocycles. The van der Waals surface area contributed by atoms with Gasteiger partial charge < -0.3 is 9.40 Å². The summed E-state index contributed by atoms with van der Waals surface area (Å²) in [7, 11) is 0. The topological polar surface area (TPSA) is 52.3 Å². The van der Waals surface area contributed by atoms with Crippen molar-refractivity contribution in [2.24, 2.45) is 11.1 Å². The van der Waals surface area contributed by atoms with Gasteiger partial charge in [-0.2, -0.15) is 0 Å². The summed E-state index contributed by atoms with van der Waals surface area (Å²) in [5, 5.41) is 4.40. The third-order valence-corrected chi connectivity index (χ3v) is 4.44. The molecule has 3 aromatic rings. The molecule has 0 saturated heterocycles. The third-order valence-electron chi connectivity index (χ3n) is 4.44. The fourth-order valence-corrected chi connectivity index (χ4v) is 2.74. The molecular formula is C23H22N4O. The third kappa shape index (κ3) is 5.08. The highest BCUT2D eigenvalue weighted by atomic mass is 16.6. The maximum Gasteiger partial charge on any atom is 0.159 e. The number of imidazole rings is 1. The number of oxime groups is 1. The number of rotatable bonds is 6. The Labute approximate surface area is 165 Å². The van der Waals surface area contributed by atoms with Crippen LogP contribution in [0.15, 0.2) is 66.3 Å². The van der Waals surface area contributed by atoms with E-state index >= 15 is 0 Å². The molecule has 5 heteroatoms. The van der Waals surface area contributed by atoms with Gasteiger partial charge in [-0.3, -0.25) is 4.98 Å². The van der Waals surface area contributed by atoms with Crippen LogP contribution in [0.5, 0.6) is 0 Å². The summed E-state index contributed by atoms with van der Waals surface area (Å²) in [6.07, 6.45) is 7.91. The summed E-state index contributed by atoms with van der Waals surface area (Å²) in [6, 6.07) is 14.0. The maximum absolute atomic E-state index is 5.62. The minimum absolute atomic E-state index is 0.333. The van der Waals surface area contributed by atoms with Crippen LogP contribution >= 0.6 is 0 Å².